The Bertz CT molecular complexity index is 191. The summed E-state index contributed by atoms with van der Waals surface area (Å²) in [6.07, 6.45) is 3.89. The summed E-state index contributed by atoms with van der Waals surface area (Å²) in [6.45, 7) is 14.1. The van der Waals surface area contributed by atoms with Crippen molar-refractivity contribution in [1.82, 2.24) is 4.90 Å². The van der Waals surface area contributed by atoms with E-state index in [9.17, 15) is 0 Å². The molecule has 1 fully saturated rings. The van der Waals surface area contributed by atoms with Crippen LogP contribution in [0.4, 0.5) is 0 Å². The molecule has 2 nitrogen and oxygen atoms in total. The number of hydrogen-bond donors (Lipinski definition) is 1. The van der Waals surface area contributed by atoms with Gasteiger partial charge in [-0.1, -0.05) is 34.1 Å². The number of hydrogen-bond acceptors (Lipinski definition) is 2. The summed E-state index contributed by atoms with van der Waals surface area (Å²) in [5, 5.41) is 0. The number of rotatable bonds is 5. The van der Waals surface area contributed by atoms with Crippen molar-refractivity contribution in [3.05, 3.63) is 0 Å². The van der Waals surface area contributed by atoms with Gasteiger partial charge in [0.05, 0.1) is 0 Å². The van der Waals surface area contributed by atoms with Crippen LogP contribution >= 0.6 is 0 Å². The van der Waals surface area contributed by atoms with Gasteiger partial charge in [0.1, 0.15) is 0 Å². The molecule has 2 heteroatoms. The fourth-order valence-corrected chi connectivity index (χ4v) is 2.60. The topological polar surface area (TPSA) is 29.3 Å². The highest BCUT2D eigenvalue weighted by atomic mass is 15.1. The van der Waals surface area contributed by atoms with Crippen LogP contribution in [0.15, 0.2) is 0 Å². The van der Waals surface area contributed by atoms with Gasteiger partial charge in [-0.15, -0.1) is 0 Å². The molecular weight excluding hydrogens is 196 g/mol. The highest BCUT2D eigenvalue weighted by Gasteiger charge is 2.31. The smallest absolute Gasteiger partial charge is 0.00151 e. The Kier molecular flexibility index (Phi) is 5.26. The Morgan fingerprint density at radius 1 is 1.38 bits per heavy atom. The molecule has 1 heterocycles. The molecule has 1 aliphatic rings. The lowest BCUT2D eigenvalue weighted by molar-refractivity contribution is 0.222. The van der Waals surface area contributed by atoms with Crippen LogP contribution in [0.5, 0.6) is 0 Å². The molecule has 1 aliphatic heterocycles. The van der Waals surface area contributed by atoms with Gasteiger partial charge in [-0.05, 0) is 49.7 Å². The van der Waals surface area contributed by atoms with E-state index in [0.717, 1.165) is 18.4 Å². The third-order valence-electron chi connectivity index (χ3n) is 4.26. The van der Waals surface area contributed by atoms with Gasteiger partial charge >= 0.3 is 0 Å². The highest BCUT2D eigenvalue weighted by Crippen LogP contribution is 2.33. The van der Waals surface area contributed by atoms with Crippen molar-refractivity contribution in [2.75, 3.05) is 26.2 Å². The minimum absolute atomic E-state index is 0.479. The molecule has 2 N–H and O–H groups in total. The molecule has 1 rings (SSSR count). The summed E-state index contributed by atoms with van der Waals surface area (Å²) < 4.78 is 0. The van der Waals surface area contributed by atoms with Crippen LogP contribution in [0.25, 0.3) is 0 Å². The number of nitrogens with zero attached hydrogens (tertiary/aromatic N) is 1. The Hall–Kier alpha value is -0.0800. The molecule has 0 bridgehead atoms. The second-order valence-corrected chi connectivity index (χ2v) is 6.45. The van der Waals surface area contributed by atoms with Gasteiger partial charge in [0.25, 0.3) is 0 Å². The van der Waals surface area contributed by atoms with E-state index in [1.54, 1.807) is 0 Å². The van der Waals surface area contributed by atoms with Crippen molar-refractivity contribution in [2.24, 2.45) is 23.0 Å². The van der Waals surface area contributed by atoms with E-state index in [0.29, 0.717) is 5.41 Å². The molecule has 0 spiro atoms. The first-order valence-corrected chi connectivity index (χ1v) is 6.89. The molecule has 0 saturated carbocycles. The first-order chi connectivity index (χ1) is 7.47. The Balaban J connectivity index is 2.26. The first kappa shape index (κ1) is 14.0. The van der Waals surface area contributed by atoms with Crippen LogP contribution in [0.1, 0.15) is 47.0 Å². The third-order valence-corrected chi connectivity index (χ3v) is 4.26. The molecule has 0 aromatic heterocycles. The average molecular weight is 226 g/mol. The zero-order valence-electron chi connectivity index (χ0n) is 11.6. The van der Waals surface area contributed by atoms with Gasteiger partial charge in [-0.3, -0.25) is 0 Å². The maximum atomic E-state index is 5.75. The van der Waals surface area contributed by atoms with E-state index in [1.807, 2.05) is 0 Å². The average Bonchev–Trinajstić information content (AvgIpc) is 2.67. The first-order valence-electron chi connectivity index (χ1n) is 6.89. The summed E-state index contributed by atoms with van der Waals surface area (Å²) in [5.41, 5.74) is 6.23. The van der Waals surface area contributed by atoms with Crippen molar-refractivity contribution in [2.45, 2.75) is 47.0 Å². The Labute approximate surface area is 102 Å². The fourth-order valence-electron chi connectivity index (χ4n) is 2.60. The molecule has 0 aliphatic carbocycles. The lowest BCUT2D eigenvalue weighted by atomic mass is 9.80. The van der Waals surface area contributed by atoms with Gasteiger partial charge in [-0.25, -0.2) is 0 Å². The predicted octanol–water partition coefficient (Wildman–Crippen LogP) is 2.73. The van der Waals surface area contributed by atoms with Crippen molar-refractivity contribution in [3.63, 3.8) is 0 Å². The third kappa shape index (κ3) is 4.06. The Morgan fingerprint density at radius 2 is 2.06 bits per heavy atom. The van der Waals surface area contributed by atoms with Gasteiger partial charge in [-0.2, -0.15) is 0 Å². The van der Waals surface area contributed by atoms with Gasteiger partial charge in [0.15, 0.2) is 0 Å². The molecule has 0 aromatic carbocycles. The molecule has 16 heavy (non-hydrogen) atoms. The lowest BCUT2D eigenvalue weighted by Gasteiger charge is -2.27. The molecule has 1 saturated heterocycles. The molecular formula is C14H30N2. The monoisotopic (exact) mass is 226 g/mol. The maximum Gasteiger partial charge on any atom is 0.00151 e. The second kappa shape index (κ2) is 6.02. The van der Waals surface area contributed by atoms with Gasteiger partial charge < -0.3 is 10.6 Å². The molecule has 0 radical (unpaired) electrons. The van der Waals surface area contributed by atoms with E-state index in [2.05, 4.69) is 32.6 Å². The van der Waals surface area contributed by atoms with Crippen molar-refractivity contribution < 1.29 is 0 Å². The zero-order valence-corrected chi connectivity index (χ0v) is 11.6. The van der Waals surface area contributed by atoms with E-state index in [1.165, 1.54) is 38.9 Å². The normalized spacial score (nSPS) is 24.9. The minimum Gasteiger partial charge on any atom is -0.330 e. The van der Waals surface area contributed by atoms with Crippen LogP contribution in [0.2, 0.25) is 0 Å². The Morgan fingerprint density at radius 3 is 2.50 bits per heavy atom. The quantitative estimate of drug-likeness (QED) is 0.781. The summed E-state index contributed by atoms with van der Waals surface area (Å²) in [7, 11) is 0. The van der Waals surface area contributed by atoms with Gasteiger partial charge in [0, 0.05) is 6.54 Å². The van der Waals surface area contributed by atoms with E-state index in [4.69, 9.17) is 5.73 Å². The van der Waals surface area contributed by atoms with E-state index < -0.39 is 0 Å². The SMILES string of the molecule is CCC(CN)CCN1CCC(C(C)(C)C)C1. The summed E-state index contributed by atoms with van der Waals surface area (Å²) >= 11 is 0. The van der Waals surface area contributed by atoms with Crippen LogP contribution in [0, 0.1) is 17.3 Å². The van der Waals surface area contributed by atoms with Crippen LogP contribution < -0.4 is 5.73 Å². The second-order valence-electron chi connectivity index (χ2n) is 6.45. The lowest BCUT2D eigenvalue weighted by Crippen LogP contribution is -2.28. The van der Waals surface area contributed by atoms with Crippen molar-refractivity contribution in [3.8, 4) is 0 Å². The van der Waals surface area contributed by atoms with E-state index in [-0.39, 0.29) is 0 Å². The van der Waals surface area contributed by atoms with Crippen molar-refractivity contribution >= 4 is 0 Å². The minimum atomic E-state index is 0.479. The molecule has 2 unspecified atom stereocenters. The zero-order chi connectivity index (χ0) is 12.2. The predicted molar refractivity (Wildman–Crippen MR) is 71.5 cm³/mol. The van der Waals surface area contributed by atoms with Crippen LogP contribution in [-0.4, -0.2) is 31.1 Å². The number of likely N-dealkylation sites (tertiary alicyclic amines) is 1. The van der Waals surface area contributed by atoms with Crippen LogP contribution in [0.3, 0.4) is 0 Å². The summed E-state index contributed by atoms with van der Waals surface area (Å²) in [4.78, 5) is 2.63. The highest BCUT2D eigenvalue weighted by molar-refractivity contribution is 4.84. The van der Waals surface area contributed by atoms with E-state index >= 15 is 0 Å². The number of nitrogens with two attached hydrogens (primary N) is 1. The largest absolute Gasteiger partial charge is 0.330 e. The molecule has 0 amide bonds. The maximum absolute atomic E-state index is 5.75. The molecule has 96 valence electrons. The summed E-state index contributed by atoms with van der Waals surface area (Å²) in [6, 6.07) is 0. The van der Waals surface area contributed by atoms with Crippen LogP contribution in [-0.2, 0) is 0 Å². The van der Waals surface area contributed by atoms with Gasteiger partial charge in [0.2, 0.25) is 0 Å². The van der Waals surface area contributed by atoms with Crippen molar-refractivity contribution in [1.29, 1.82) is 0 Å². The fraction of sp³-hybridized carbons (Fsp3) is 1.00. The molecule has 0 aromatic rings. The molecule has 2 atom stereocenters. The standard InChI is InChI=1S/C14H30N2/c1-5-12(10-15)6-8-16-9-7-13(11-16)14(2,3)4/h12-13H,5-11,15H2,1-4H3. The summed E-state index contributed by atoms with van der Waals surface area (Å²) in [5.74, 6) is 1.61.